The van der Waals surface area contributed by atoms with E-state index in [9.17, 15) is 13.6 Å². The number of anilines is 1. The van der Waals surface area contributed by atoms with E-state index >= 15 is 0 Å². The molecule has 148 valence electrons. The van der Waals surface area contributed by atoms with Gasteiger partial charge in [0.25, 0.3) is 0 Å². The Morgan fingerprint density at radius 2 is 1.89 bits per heavy atom. The second-order valence-electron chi connectivity index (χ2n) is 7.48. The lowest BCUT2D eigenvalue weighted by atomic mass is 10.0. The Kier molecular flexibility index (Phi) is 5.19. The number of carbonyl (C=O) groups is 1. The smallest absolute Gasteiger partial charge is 0.317 e. The van der Waals surface area contributed by atoms with Gasteiger partial charge in [-0.25, -0.2) is 13.6 Å². The fourth-order valence-electron chi connectivity index (χ4n) is 4.10. The van der Waals surface area contributed by atoms with E-state index < -0.39 is 17.4 Å². The van der Waals surface area contributed by atoms with Gasteiger partial charge in [0, 0.05) is 57.3 Å². The van der Waals surface area contributed by atoms with Gasteiger partial charge in [-0.3, -0.25) is 0 Å². The van der Waals surface area contributed by atoms with Crippen molar-refractivity contribution in [2.45, 2.75) is 25.0 Å². The van der Waals surface area contributed by atoms with E-state index in [1.807, 2.05) is 4.90 Å². The molecule has 4 rings (SSSR count). The van der Waals surface area contributed by atoms with Crippen LogP contribution in [0.15, 0.2) is 18.2 Å². The first-order valence-corrected chi connectivity index (χ1v) is 9.55. The molecule has 1 atom stereocenters. The SMILES string of the molecule is O=C(NCC1CCN(c2ccc(F)c(F)c2)C1)N1CCC2(CC1)OCCO2. The van der Waals surface area contributed by atoms with E-state index in [1.54, 1.807) is 11.0 Å². The molecule has 3 aliphatic rings. The molecular weight excluding hydrogens is 356 g/mol. The number of ether oxygens (including phenoxy) is 2. The molecule has 0 aromatic heterocycles. The summed E-state index contributed by atoms with van der Waals surface area (Å²) in [5.41, 5.74) is 0.681. The molecule has 3 heterocycles. The first-order valence-electron chi connectivity index (χ1n) is 9.55. The van der Waals surface area contributed by atoms with E-state index in [-0.39, 0.29) is 6.03 Å². The molecule has 2 amide bonds. The number of likely N-dealkylation sites (tertiary alicyclic amines) is 1. The fraction of sp³-hybridized carbons (Fsp3) is 0.632. The minimum Gasteiger partial charge on any atom is -0.371 e. The number of rotatable bonds is 3. The molecule has 0 saturated carbocycles. The van der Waals surface area contributed by atoms with Crippen molar-refractivity contribution in [1.29, 1.82) is 0 Å². The van der Waals surface area contributed by atoms with Crippen LogP contribution in [0.5, 0.6) is 0 Å². The van der Waals surface area contributed by atoms with Crippen molar-refractivity contribution < 1.29 is 23.0 Å². The molecule has 0 bridgehead atoms. The first-order chi connectivity index (χ1) is 13.0. The highest BCUT2D eigenvalue weighted by molar-refractivity contribution is 5.74. The maximum atomic E-state index is 13.4. The number of hydrogen-bond donors (Lipinski definition) is 1. The Morgan fingerprint density at radius 3 is 2.59 bits per heavy atom. The molecule has 27 heavy (non-hydrogen) atoms. The van der Waals surface area contributed by atoms with Crippen LogP contribution in [-0.2, 0) is 9.47 Å². The van der Waals surface area contributed by atoms with Gasteiger partial charge >= 0.3 is 6.03 Å². The maximum absolute atomic E-state index is 13.4. The lowest BCUT2D eigenvalue weighted by molar-refractivity contribution is -0.181. The third-order valence-electron chi connectivity index (χ3n) is 5.72. The Labute approximate surface area is 157 Å². The van der Waals surface area contributed by atoms with Crippen molar-refractivity contribution in [3.05, 3.63) is 29.8 Å². The highest BCUT2D eigenvalue weighted by Crippen LogP contribution is 2.31. The van der Waals surface area contributed by atoms with Crippen LogP contribution in [0.3, 0.4) is 0 Å². The minimum absolute atomic E-state index is 0.0610. The minimum atomic E-state index is -0.835. The predicted octanol–water partition coefficient (Wildman–Crippen LogP) is 2.34. The van der Waals surface area contributed by atoms with Crippen molar-refractivity contribution in [2.24, 2.45) is 5.92 Å². The molecule has 3 saturated heterocycles. The molecule has 8 heteroatoms. The van der Waals surface area contributed by atoms with Crippen molar-refractivity contribution >= 4 is 11.7 Å². The topological polar surface area (TPSA) is 54.0 Å². The summed E-state index contributed by atoms with van der Waals surface area (Å²) in [5, 5.41) is 3.01. The maximum Gasteiger partial charge on any atom is 0.317 e. The molecule has 3 fully saturated rings. The molecule has 0 aliphatic carbocycles. The third kappa shape index (κ3) is 4.01. The Hall–Kier alpha value is -1.93. The quantitative estimate of drug-likeness (QED) is 0.873. The van der Waals surface area contributed by atoms with Crippen LogP contribution in [0.2, 0.25) is 0 Å². The predicted molar refractivity (Wildman–Crippen MR) is 95.5 cm³/mol. The second kappa shape index (κ2) is 7.59. The van der Waals surface area contributed by atoms with Gasteiger partial charge in [-0.15, -0.1) is 0 Å². The van der Waals surface area contributed by atoms with E-state index in [2.05, 4.69) is 5.32 Å². The molecule has 0 radical (unpaired) electrons. The molecule has 1 N–H and O–H groups in total. The van der Waals surface area contributed by atoms with E-state index in [0.717, 1.165) is 25.6 Å². The van der Waals surface area contributed by atoms with E-state index in [4.69, 9.17) is 9.47 Å². The normalized spacial score (nSPS) is 24.6. The number of benzene rings is 1. The van der Waals surface area contributed by atoms with Crippen LogP contribution < -0.4 is 10.2 Å². The standard InChI is InChI=1S/C19H25F2N3O3/c20-16-2-1-15(11-17(16)21)24-6-3-14(13-24)12-22-18(25)23-7-4-19(5-8-23)26-9-10-27-19/h1-2,11,14H,3-10,12-13H2,(H,22,25). The van der Waals surface area contributed by atoms with Crippen LogP contribution >= 0.6 is 0 Å². The molecular formula is C19H25F2N3O3. The molecule has 3 aliphatic heterocycles. The van der Waals surface area contributed by atoms with Crippen molar-refractivity contribution in [3.8, 4) is 0 Å². The Bertz CT molecular complexity index is 687. The van der Waals surface area contributed by atoms with Gasteiger partial charge in [0.2, 0.25) is 0 Å². The Balaban J connectivity index is 1.22. The highest BCUT2D eigenvalue weighted by atomic mass is 19.2. The van der Waals surface area contributed by atoms with Gasteiger partial charge in [0.15, 0.2) is 17.4 Å². The molecule has 6 nitrogen and oxygen atoms in total. The summed E-state index contributed by atoms with van der Waals surface area (Å²) < 4.78 is 37.9. The summed E-state index contributed by atoms with van der Waals surface area (Å²) in [6, 6.07) is 3.91. The molecule has 1 aromatic rings. The van der Waals surface area contributed by atoms with Gasteiger partial charge in [0.1, 0.15) is 0 Å². The van der Waals surface area contributed by atoms with Crippen molar-refractivity contribution in [1.82, 2.24) is 10.2 Å². The highest BCUT2D eigenvalue weighted by Gasteiger charge is 2.40. The number of carbonyl (C=O) groups excluding carboxylic acids is 1. The number of nitrogens with one attached hydrogen (secondary N) is 1. The zero-order valence-electron chi connectivity index (χ0n) is 15.3. The first kappa shape index (κ1) is 18.4. The zero-order chi connectivity index (χ0) is 18.9. The van der Waals surface area contributed by atoms with Crippen LogP contribution in [0.1, 0.15) is 19.3 Å². The second-order valence-corrected chi connectivity index (χ2v) is 7.48. The van der Waals surface area contributed by atoms with Gasteiger partial charge in [-0.2, -0.15) is 0 Å². The number of urea groups is 1. The number of halogens is 2. The zero-order valence-corrected chi connectivity index (χ0v) is 15.3. The summed E-state index contributed by atoms with van der Waals surface area (Å²) in [6.07, 6.45) is 2.31. The summed E-state index contributed by atoms with van der Waals surface area (Å²) in [5.74, 6) is -1.85. The van der Waals surface area contributed by atoms with Crippen molar-refractivity contribution in [3.63, 3.8) is 0 Å². The molecule has 1 unspecified atom stereocenters. The van der Waals surface area contributed by atoms with E-state index in [1.165, 1.54) is 6.07 Å². The summed E-state index contributed by atoms with van der Waals surface area (Å²) in [6.45, 7) is 4.57. The van der Waals surface area contributed by atoms with Crippen LogP contribution in [0, 0.1) is 17.6 Å². The monoisotopic (exact) mass is 381 g/mol. The average molecular weight is 381 g/mol. The lowest BCUT2D eigenvalue weighted by Gasteiger charge is -2.37. The van der Waals surface area contributed by atoms with E-state index in [0.29, 0.717) is 57.3 Å². The molecule has 1 spiro atoms. The molecule has 1 aromatic carbocycles. The van der Waals surface area contributed by atoms with Gasteiger partial charge in [0.05, 0.1) is 13.2 Å². The van der Waals surface area contributed by atoms with Gasteiger partial charge in [-0.1, -0.05) is 0 Å². The van der Waals surface area contributed by atoms with Crippen molar-refractivity contribution in [2.75, 3.05) is 50.8 Å². The summed E-state index contributed by atoms with van der Waals surface area (Å²) in [4.78, 5) is 16.3. The van der Waals surface area contributed by atoms with Crippen LogP contribution in [0.4, 0.5) is 19.3 Å². The number of nitrogens with zero attached hydrogens (tertiary/aromatic N) is 2. The van der Waals surface area contributed by atoms with Gasteiger partial charge < -0.3 is 24.6 Å². The number of hydrogen-bond acceptors (Lipinski definition) is 4. The summed E-state index contributed by atoms with van der Waals surface area (Å²) >= 11 is 0. The largest absolute Gasteiger partial charge is 0.371 e. The fourth-order valence-corrected chi connectivity index (χ4v) is 4.10. The Morgan fingerprint density at radius 1 is 1.15 bits per heavy atom. The van der Waals surface area contributed by atoms with Gasteiger partial charge in [-0.05, 0) is 24.5 Å². The average Bonchev–Trinajstić information content (AvgIpc) is 3.33. The third-order valence-corrected chi connectivity index (χ3v) is 5.72. The lowest BCUT2D eigenvalue weighted by Crippen LogP contribution is -2.51. The number of piperidine rings is 1. The van der Waals surface area contributed by atoms with Crippen LogP contribution in [-0.4, -0.2) is 62.7 Å². The van der Waals surface area contributed by atoms with Crippen LogP contribution in [0.25, 0.3) is 0 Å². The summed E-state index contributed by atoms with van der Waals surface area (Å²) in [7, 11) is 0. The number of amides is 2.